The standard InChI is InChI=1S/C19H28N2O4/c1-20-9-12-24-16-6-3-5-15(13-16)18(22)21-10-7-17(23-2)19(14-21)8-4-11-25-19/h3,5-6,13,17,20H,4,7-12,14H2,1-2H3/t17-,19-/m0/s1. The molecule has 2 aliphatic rings. The number of carbonyl (C=O) groups is 1. The van der Waals surface area contributed by atoms with E-state index in [4.69, 9.17) is 14.2 Å². The molecule has 6 nitrogen and oxygen atoms in total. The molecule has 2 saturated heterocycles. The van der Waals surface area contributed by atoms with Crippen LogP contribution in [0.15, 0.2) is 24.3 Å². The zero-order valence-electron chi connectivity index (χ0n) is 15.1. The second-order valence-corrected chi connectivity index (χ2v) is 6.74. The molecule has 6 heteroatoms. The number of ether oxygens (including phenoxy) is 3. The number of hydrogen-bond donors (Lipinski definition) is 1. The van der Waals surface area contributed by atoms with Crippen molar-refractivity contribution in [3.63, 3.8) is 0 Å². The van der Waals surface area contributed by atoms with E-state index in [0.717, 1.165) is 38.2 Å². The summed E-state index contributed by atoms with van der Waals surface area (Å²) in [5.41, 5.74) is 0.315. The zero-order valence-corrected chi connectivity index (χ0v) is 15.1. The number of piperidine rings is 1. The lowest BCUT2D eigenvalue weighted by atomic mass is 9.86. The molecule has 0 aliphatic carbocycles. The van der Waals surface area contributed by atoms with Crippen molar-refractivity contribution < 1.29 is 19.0 Å². The van der Waals surface area contributed by atoms with Crippen LogP contribution in [0.1, 0.15) is 29.6 Å². The monoisotopic (exact) mass is 348 g/mol. The Hall–Kier alpha value is -1.63. The number of likely N-dealkylation sites (N-methyl/N-ethyl adjacent to an activating group) is 1. The molecule has 25 heavy (non-hydrogen) atoms. The Balaban J connectivity index is 1.69. The highest BCUT2D eigenvalue weighted by atomic mass is 16.6. The van der Waals surface area contributed by atoms with Crippen LogP contribution in [0.2, 0.25) is 0 Å². The second kappa shape index (κ2) is 8.17. The summed E-state index contributed by atoms with van der Waals surface area (Å²) in [7, 11) is 3.62. The van der Waals surface area contributed by atoms with Crippen LogP contribution in [-0.2, 0) is 9.47 Å². The topological polar surface area (TPSA) is 60.0 Å². The molecule has 2 atom stereocenters. The Labute approximate surface area is 149 Å². The fraction of sp³-hybridized carbons (Fsp3) is 0.632. The van der Waals surface area contributed by atoms with E-state index in [1.165, 1.54) is 0 Å². The van der Waals surface area contributed by atoms with Crippen LogP contribution < -0.4 is 10.1 Å². The third-order valence-electron chi connectivity index (χ3n) is 5.11. The van der Waals surface area contributed by atoms with Crippen molar-refractivity contribution in [3.8, 4) is 5.75 Å². The number of nitrogens with zero attached hydrogens (tertiary/aromatic N) is 1. The molecule has 0 bridgehead atoms. The first-order valence-electron chi connectivity index (χ1n) is 9.02. The van der Waals surface area contributed by atoms with Gasteiger partial charge < -0.3 is 24.4 Å². The first-order valence-corrected chi connectivity index (χ1v) is 9.02. The third kappa shape index (κ3) is 3.97. The van der Waals surface area contributed by atoms with Crippen LogP contribution in [0, 0.1) is 0 Å². The maximum Gasteiger partial charge on any atom is 0.254 e. The van der Waals surface area contributed by atoms with Gasteiger partial charge in [-0.3, -0.25) is 4.79 Å². The molecule has 1 aromatic rings. The largest absolute Gasteiger partial charge is 0.492 e. The Morgan fingerprint density at radius 2 is 2.36 bits per heavy atom. The van der Waals surface area contributed by atoms with Gasteiger partial charge in [0.25, 0.3) is 5.91 Å². The first kappa shape index (κ1) is 18.2. The van der Waals surface area contributed by atoms with Crippen LogP contribution in [0.5, 0.6) is 5.75 Å². The number of methoxy groups -OCH3 is 1. The van der Waals surface area contributed by atoms with Gasteiger partial charge in [0.05, 0.1) is 12.6 Å². The zero-order chi connectivity index (χ0) is 17.7. The average Bonchev–Trinajstić information content (AvgIpc) is 3.10. The van der Waals surface area contributed by atoms with Crippen LogP contribution in [0.25, 0.3) is 0 Å². The Bertz CT molecular complexity index is 587. The molecule has 0 unspecified atom stereocenters. The lowest BCUT2D eigenvalue weighted by Crippen LogP contribution is -2.58. The van der Waals surface area contributed by atoms with E-state index >= 15 is 0 Å². The van der Waals surface area contributed by atoms with Crippen LogP contribution >= 0.6 is 0 Å². The number of benzene rings is 1. The molecule has 0 saturated carbocycles. The van der Waals surface area contributed by atoms with Crippen LogP contribution in [0.3, 0.4) is 0 Å². The van der Waals surface area contributed by atoms with Crippen molar-refractivity contribution in [3.05, 3.63) is 29.8 Å². The highest BCUT2D eigenvalue weighted by Crippen LogP contribution is 2.36. The number of rotatable bonds is 6. The van der Waals surface area contributed by atoms with Gasteiger partial charge in [-0.1, -0.05) is 6.07 Å². The number of likely N-dealkylation sites (tertiary alicyclic amines) is 1. The van der Waals surface area contributed by atoms with Gasteiger partial charge >= 0.3 is 0 Å². The number of carbonyl (C=O) groups excluding carboxylic acids is 1. The molecule has 138 valence electrons. The van der Waals surface area contributed by atoms with E-state index in [1.54, 1.807) is 7.11 Å². The second-order valence-electron chi connectivity index (χ2n) is 6.74. The summed E-state index contributed by atoms with van der Waals surface area (Å²) in [6, 6.07) is 7.41. The van der Waals surface area contributed by atoms with E-state index in [-0.39, 0.29) is 17.6 Å². The predicted octanol–water partition coefficient (Wildman–Crippen LogP) is 1.69. The van der Waals surface area contributed by atoms with Crippen molar-refractivity contribution in [1.82, 2.24) is 10.2 Å². The summed E-state index contributed by atoms with van der Waals surface area (Å²) in [4.78, 5) is 14.9. The van der Waals surface area contributed by atoms with Crippen molar-refractivity contribution >= 4 is 5.91 Å². The molecule has 0 aromatic heterocycles. The Kier molecular flexibility index (Phi) is 5.93. The molecule has 2 heterocycles. The molecule has 1 N–H and O–H groups in total. The summed E-state index contributed by atoms with van der Waals surface area (Å²) in [6.07, 6.45) is 2.84. The number of nitrogens with one attached hydrogen (secondary N) is 1. The summed E-state index contributed by atoms with van der Waals surface area (Å²) in [5, 5.41) is 3.04. The first-order chi connectivity index (χ1) is 12.2. The van der Waals surface area contributed by atoms with Gasteiger partial charge in [-0.15, -0.1) is 0 Å². The normalized spacial score (nSPS) is 26.2. The van der Waals surface area contributed by atoms with Crippen molar-refractivity contribution in [1.29, 1.82) is 0 Å². The molecule has 3 rings (SSSR count). The van der Waals surface area contributed by atoms with Crippen molar-refractivity contribution in [2.24, 2.45) is 0 Å². The highest BCUT2D eigenvalue weighted by molar-refractivity contribution is 5.94. The third-order valence-corrected chi connectivity index (χ3v) is 5.11. The predicted molar refractivity (Wildman–Crippen MR) is 95.1 cm³/mol. The number of amides is 1. The smallest absolute Gasteiger partial charge is 0.254 e. The summed E-state index contributed by atoms with van der Waals surface area (Å²) >= 11 is 0. The molecule has 2 fully saturated rings. The lowest BCUT2D eigenvalue weighted by molar-refractivity contribution is -0.137. The molecular formula is C19H28N2O4. The van der Waals surface area contributed by atoms with Gasteiger partial charge in [0.1, 0.15) is 18.0 Å². The van der Waals surface area contributed by atoms with Gasteiger partial charge in [0, 0.05) is 32.4 Å². The lowest BCUT2D eigenvalue weighted by Gasteiger charge is -2.44. The Morgan fingerprint density at radius 3 is 3.08 bits per heavy atom. The van der Waals surface area contributed by atoms with Gasteiger partial charge in [-0.2, -0.15) is 0 Å². The molecule has 0 radical (unpaired) electrons. The molecule has 1 amide bonds. The average molecular weight is 348 g/mol. The molecular weight excluding hydrogens is 320 g/mol. The van der Waals surface area contributed by atoms with Gasteiger partial charge in [0.15, 0.2) is 0 Å². The summed E-state index contributed by atoms with van der Waals surface area (Å²) in [5.74, 6) is 0.753. The minimum Gasteiger partial charge on any atom is -0.492 e. The molecule has 1 aromatic carbocycles. The maximum absolute atomic E-state index is 13.0. The highest BCUT2D eigenvalue weighted by Gasteiger charge is 2.48. The van der Waals surface area contributed by atoms with E-state index in [1.807, 2.05) is 36.2 Å². The minimum atomic E-state index is -0.344. The molecule has 2 aliphatic heterocycles. The SMILES string of the molecule is CNCCOc1cccc(C(=O)N2CC[C@H](OC)[C@]3(CCCO3)C2)c1. The quantitative estimate of drug-likeness (QED) is 0.793. The van der Waals surface area contributed by atoms with E-state index in [0.29, 0.717) is 25.3 Å². The fourth-order valence-corrected chi connectivity index (χ4v) is 3.82. The van der Waals surface area contributed by atoms with E-state index in [9.17, 15) is 4.79 Å². The van der Waals surface area contributed by atoms with Gasteiger partial charge in [-0.05, 0) is 44.5 Å². The molecule has 1 spiro atoms. The van der Waals surface area contributed by atoms with Crippen molar-refractivity contribution in [2.75, 3.05) is 47.0 Å². The van der Waals surface area contributed by atoms with Gasteiger partial charge in [-0.25, -0.2) is 0 Å². The fourth-order valence-electron chi connectivity index (χ4n) is 3.82. The van der Waals surface area contributed by atoms with Crippen LogP contribution in [0.4, 0.5) is 0 Å². The van der Waals surface area contributed by atoms with E-state index in [2.05, 4.69) is 5.32 Å². The van der Waals surface area contributed by atoms with Crippen molar-refractivity contribution in [2.45, 2.75) is 31.0 Å². The summed E-state index contributed by atoms with van der Waals surface area (Å²) in [6.45, 7) is 3.37. The minimum absolute atomic E-state index is 0.0310. The van der Waals surface area contributed by atoms with Crippen LogP contribution in [-0.4, -0.2) is 69.5 Å². The summed E-state index contributed by atoms with van der Waals surface area (Å²) < 4.78 is 17.4. The number of hydrogen-bond acceptors (Lipinski definition) is 5. The van der Waals surface area contributed by atoms with E-state index < -0.39 is 0 Å². The maximum atomic E-state index is 13.0. The Morgan fingerprint density at radius 1 is 1.48 bits per heavy atom. The van der Waals surface area contributed by atoms with Gasteiger partial charge in [0.2, 0.25) is 0 Å².